The molecule has 0 radical (unpaired) electrons. The molecule has 4 heterocycles. The Morgan fingerprint density at radius 3 is 2.68 bits per heavy atom. The topological polar surface area (TPSA) is 86.3 Å². The second kappa shape index (κ2) is 10.9. The van der Waals surface area contributed by atoms with Crippen LogP contribution in [-0.2, 0) is 9.53 Å². The van der Waals surface area contributed by atoms with E-state index in [2.05, 4.69) is 25.8 Å². The van der Waals surface area contributed by atoms with Crippen molar-refractivity contribution in [3.63, 3.8) is 0 Å². The maximum atomic E-state index is 13.9. The number of anilines is 1. The lowest BCUT2D eigenvalue weighted by atomic mass is 9.95. The van der Waals surface area contributed by atoms with Crippen molar-refractivity contribution in [2.45, 2.75) is 52.2 Å². The van der Waals surface area contributed by atoms with Gasteiger partial charge in [-0.2, -0.15) is 0 Å². The molecule has 1 aromatic carbocycles. The predicted molar refractivity (Wildman–Crippen MR) is 150 cm³/mol. The molecule has 2 aliphatic heterocycles. The van der Waals surface area contributed by atoms with Crippen LogP contribution in [0.4, 0.5) is 5.88 Å². The highest BCUT2D eigenvalue weighted by Crippen LogP contribution is 2.37. The molecule has 200 valence electrons. The van der Waals surface area contributed by atoms with E-state index in [0.29, 0.717) is 37.7 Å². The number of furan rings is 1. The van der Waals surface area contributed by atoms with Crippen LogP contribution in [-0.4, -0.2) is 36.8 Å². The molecule has 0 bridgehead atoms. The SMILES string of the molecule is COc1ccc(Br)cc1[C@H]1C(C(=O)OC(C)C)=C(C)N=c2s/c(=C\c3ccc(N4CCCCC4)o3)c(=O)n21. The highest BCUT2D eigenvalue weighted by atomic mass is 79.9. The van der Waals surface area contributed by atoms with E-state index in [1.807, 2.05) is 24.3 Å². The predicted octanol–water partition coefficient (Wildman–Crippen LogP) is 4.54. The summed E-state index contributed by atoms with van der Waals surface area (Å²) in [6, 6.07) is 8.58. The van der Waals surface area contributed by atoms with Crippen molar-refractivity contribution < 1.29 is 18.7 Å². The van der Waals surface area contributed by atoms with Crippen molar-refractivity contribution in [1.82, 2.24) is 4.57 Å². The number of fused-ring (bicyclic) bond motifs is 1. The second-order valence-corrected chi connectivity index (χ2v) is 11.6. The van der Waals surface area contributed by atoms with Crippen LogP contribution in [0.1, 0.15) is 57.4 Å². The Morgan fingerprint density at radius 2 is 1.97 bits per heavy atom. The number of methoxy groups -OCH3 is 1. The monoisotopic (exact) mass is 599 g/mol. The molecule has 1 saturated heterocycles. The molecular formula is C28H30BrN3O5S. The number of ether oxygens (including phenoxy) is 2. The van der Waals surface area contributed by atoms with Gasteiger partial charge < -0.3 is 18.8 Å². The third-order valence-corrected chi connectivity index (χ3v) is 8.10. The molecule has 0 N–H and O–H groups in total. The Labute approximate surface area is 233 Å². The van der Waals surface area contributed by atoms with E-state index < -0.39 is 12.0 Å². The zero-order valence-corrected chi connectivity index (χ0v) is 24.2. The highest BCUT2D eigenvalue weighted by molar-refractivity contribution is 9.10. The Bertz CT molecular complexity index is 1580. The lowest BCUT2D eigenvalue weighted by Gasteiger charge is -2.26. The molecule has 0 unspecified atom stereocenters. The summed E-state index contributed by atoms with van der Waals surface area (Å²) in [5.41, 5.74) is 1.20. The van der Waals surface area contributed by atoms with Gasteiger partial charge in [-0.05, 0) is 64.3 Å². The largest absolute Gasteiger partial charge is 0.496 e. The summed E-state index contributed by atoms with van der Waals surface area (Å²) in [7, 11) is 1.57. The fourth-order valence-electron chi connectivity index (χ4n) is 4.91. The number of halogens is 1. The number of benzene rings is 1. The van der Waals surface area contributed by atoms with Gasteiger partial charge in [0.15, 0.2) is 10.7 Å². The first-order valence-electron chi connectivity index (χ1n) is 12.7. The minimum atomic E-state index is -0.771. The van der Waals surface area contributed by atoms with E-state index in [9.17, 15) is 9.59 Å². The minimum absolute atomic E-state index is 0.265. The summed E-state index contributed by atoms with van der Waals surface area (Å²) in [4.78, 5) is 34.6. The number of allylic oxidation sites excluding steroid dienone is 1. The quantitative estimate of drug-likeness (QED) is 0.387. The van der Waals surface area contributed by atoms with Gasteiger partial charge in [-0.25, -0.2) is 9.79 Å². The molecule has 10 heteroatoms. The summed E-state index contributed by atoms with van der Waals surface area (Å²) in [5.74, 6) is 1.45. The van der Waals surface area contributed by atoms with Crippen LogP contribution in [0.5, 0.6) is 5.75 Å². The van der Waals surface area contributed by atoms with E-state index in [-0.39, 0.29) is 11.7 Å². The van der Waals surface area contributed by atoms with E-state index in [1.54, 1.807) is 44.6 Å². The number of rotatable bonds is 6. The number of carbonyl (C=O) groups is 1. The molecular weight excluding hydrogens is 570 g/mol. The first kappa shape index (κ1) is 26.5. The standard InChI is InChI=1S/C28H30BrN3O5S/c1-16(2)36-27(34)24-17(3)30-28-32(25(24)20-14-18(29)8-10-21(20)35-4)26(33)22(38-28)15-19-9-11-23(37-19)31-12-6-5-7-13-31/h8-11,14-16,25H,5-7,12-13H2,1-4H3/b22-15-/t25-/m0/s1. The number of thiazole rings is 1. The Hall–Kier alpha value is -3.11. The number of nitrogens with zero attached hydrogens (tertiary/aromatic N) is 3. The van der Waals surface area contributed by atoms with Gasteiger partial charge in [0.25, 0.3) is 5.56 Å². The Balaban J connectivity index is 1.65. The van der Waals surface area contributed by atoms with E-state index >= 15 is 0 Å². The average molecular weight is 601 g/mol. The van der Waals surface area contributed by atoms with Gasteiger partial charge in [-0.3, -0.25) is 9.36 Å². The summed E-state index contributed by atoms with van der Waals surface area (Å²) in [6.07, 6.45) is 4.95. The van der Waals surface area contributed by atoms with Gasteiger partial charge in [0.1, 0.15) is 17.6 Å². The lowest BCUT2D eigenvalue weighted by Crippen LogP contribution is -2.40. The molecule has 1 fully saturated rings. The number of esters is 1. The van der Waals surface area contributed by atoms with Crippen LogP contribution in [0.25, 0.3) is 6.08 Å². The second-order valence-electron chi connectivity index (χ2n) is 9.65. The maximum Gasteiger partial charge on any atom is 0.338 e. The van der Waals surface area contributed by atoms with Crippen LogP contribution in [0.2, 0.25) is 0 Å². The molecule has 2 aromatic heterocycles. The van der Waals surface area contributed by atoms with Gasteiger partial charge >= 0.3 is 5.97 Å². The number of aromatic nitrogens is 1. The Morgan fingerprint density at radius 1 is 1.21 bits per heavy atom. The molecule has 5 rings (SSSR count). The fourth-order valence-corrected chi connectivity index (χ4v) is 6.31. The van der Waals surface area contributed by atoms with Crippen molar-refractivity contribution >= 4 is 45.2 Å². The first-order valence-corrected chi connectivity index (χ1v) is 14.3. The van der Waals surface area contributed by atoms with Crippen LogP contribution >= 0.6 is 27.3 Å². The smallest absolute Gasteiger partial charge is 0.338 e. The van der Waals surface area contributed by atoms with Gasteiger partial charge in [-0.15, -0.1) is 0 Å². The van der Waals surface area contributed by atoms with Crippen molar-refractivity contribution in [3.05, 3.63) is 77.1 Å². The number of piperidine rings is 1. The molecule has 0 spiro atoms. The molecule has 1 atom stereocenters. The number of carbonyl (C=O) groups excluding carboxylic acids is 1. The molecule has 38 heavy (non-hydrogen) atoms. The van der Waals surface area contributed by atoms with E-state index in [4.69, 9.17) is 13.9 Å². The normalized spacial score (nSPS) is 18.0. The molecule has 2 aliphatic rings. The third-order valence-electron chi connectivity index (χ3n) is 6.62. The zero-order chi connectivity index (χ0) is 27.0. The number of hydrogen-bond acceptors (Lipinski definition) is 8. The summed E-state index contributed by atoms with van der Waals surface area (Å²) in [6.45, 7) is 7.29. The lowest BCUT2D eigenvalue weighted by molar-refractivity contribution is -0.143. The van der Waals surface area contributed by atoms with E-state index in [0.717, 1.165) is 36.3 Å². The summed E-state index contributed by atoms with van der Waals surface area (Å²) in [5, 5.41) is 0. The Kier molecular flexibility index (Phi) is 7.63. The first-order chi connectivity index (χ1) is 18.3. The number of hydrogen-bond donors (Lipinski definition) is 0. The maximum absolute atomic E-state index is 13.9. The summed E-state index contributed by atoms with van der Waals surface area (Å²) < 4.78 is 20.1. The van der Waals surface area contributed by atoms with Crippen molar-refractivity contribution in [2.75, 3.05) is 25.1 Å². The molecule has 8 nitrogen and oxygen atoms in total. The molecule has 3 aromatic rings. The van der Waals surface area contributed by atoms with Gasteiger partial charge in [0.2, 0.25) is 0 Å². The van der Waals surface area contributed by atoms with Gasteiger partial charge in [0, 0.05) is 35.3 Å². The molecule has 0 aliphatic carbocycles. The van der Waals surface area contributed by atoms with Crippen molar-refractivity contribution in [2.24, 2.45) is 4.99 Å². The van der Waals surface area contributed by atoms with Crippen LogP contribution in [0.15, 0.2) is 60.3 Å². The van der Waals surface area contributed by atoms with Crippen molar-refractivity contribution in [3.8, 4) is 5.75 Å². The third kappa shape index (κ3) is 5.11. The van der Waals surface area contributed by atoms with Gasteiger partial charge in [0.05, 0.1) is 29.0 Å². The van der Waals surface area contributed by atoms with Gasteiger partial charge in [-0.1, -0.05) is 27.3 Å². The average Bonchev–Trinajstić information content (AvgIpc) is 3.47. The van der Waals surface area contributed by atoms with E-state index in [1.165, 1.54) is 17.8 Å². The van der Waals surface area contributed by atoms with Crippen LogP contribution in [0, 0.1) is 0 Å². The zero-order valence-electron chi connectivity index (χ0n) is 21.8. The molecule has 0 saturated carbocycles. The highest BCUT2D eigenvalue weighted by Gasteiger charge is 2.35. The van der Waals surface area contributed by atoms with Crippen LogP contribution < -0.4 is 24.5 Å². The fraction of sp³-hybridized carbons (Fsp3) is 0.393. The van der Waals surface area contributed by atoms with Crippen LogP contribution in [0.3, 0.4) is 0 Å². The minimum Gasteiger partial charge on any atom is -0.496 e. The molecule has 0 amide bonds. The summed E-state index contributed by atoms with van der Waals surface area (Å²) >= 11 is 4.79. The van der Waals surface area contributed by atoms with Crippen molar-refractivity contribution in [1.29, 1.82) is 0 Å².